The van der Waals surface area contributed by atoms with E-state index in [1.807, 2.05) is 23.1 Å². The Morgan fingerprint density at radius 3 is 2.36 bits per heavy atom. The van der Waals surface area contributed by atoms with Gasteiger partial charge in [0.15, 0.2) is 0 Å². The molecule has 0 bridgehead atoms. The van der Waals surface area contributed by atoms with Gasteiger partial charge in [-0.1, -0.05) is 24.3 Å². The van der Waals surface area contributed by atoms with E-state index in [-0.39, 0.29) is 11.9 Å². The number of likely N-dealkylation sites (N-methyl/N-ethyl adjacent to an activating group) is 1. The first-order chi connectivity index (χ1) is 13.4. The summed E-state index contributed by atoms with van der Waals surface area (Å²) in [6.07, 6.45) is 0.340. The van der Waals surface area contributed by atoms with E-state index in [0.29, 0.717) is 25.6 Å². The summed E-state index contributed by atoms with van der Waals surface area (Å²) in [5, 5.41) is 5.69. The third-order valence-electron chi connectivity index (χ3n) is 5.34. The van der Waals surface area contributed by atoms with Gasteiger partial charge in [-0.05, 0) is 39.1 Å². The number of rotatable bonds is 8. The number of nitrogens with zero attached hydrogens (tertiary/aromatic N) is 3. The molecule has 7 nitrogen and oxygen atoms in total. The molecule has 2 rings (SSSR count). The number of hydrogen-bond donors (Lipinski definition) is 2. The van der Waals surface area contributed by atoms with Crippen molar-refractivity contribution < 1.29 is 9.59 Å². The van der Waals surface area contributed by atoms with Gasteiger partial charge in [0.1, 0.15) is 0 Å². The van der Waals surface area contributed by atoms with E-state index in [2.05, 4.69) is 54.4 Å². The van der Waals surface area contributed by atoms with Crippen LogP contribution in [0.3, 0.4) is 0 Å². The van der Waals surface area contributed by atoms with Crippen LogP contribution < -0.4 is 10.6 Å². The molecular weight excluding hydrogens is 354 g/mol. The van der Waals surface area contributed by atoms with Crippen molar-refractivity contribution in [1.29, 1.82) is 0 Å². The van der Waals surface area contributed by atoms with Crippen molar-refractivity contribution in [3.63, 3.8) is 0 Å². The molecule has 1 aromatic carbocycles. The summed E-state index contributed by atoms with van der Waals surface area (Å²) in [5.74, 6) is 0.107. The Morgan fingerprint density at radius 1 is 1.07 bits per heavy atom. The minimum Gasteiger partial charge on any atom is -0.340 e. The van der Waals surface area contributed by atoms with Gasteiger partial charge in [0.25, 0.3) is 0 Å². The molecule has 0 unspecified atom stereocenters. The molecule has 1 aromatic rings. The minimum absolute atomic E-state index is 0.107. The van der Waals surface area contributed by atoms with Crippen LogP contribution in [-0.2, 0) is 17.9 Å². The molecule has 0 aliphatic carbocycles. The van der Waals surface area contributed by atoms with Crippen molar-refractivity contribution in [3.8, 4) is 0 Å². The summed E-state index contributed by atoms with van der Waals surface area (Å²) < 4.78 is 0. The van der Waals surface area contributed by atoms with Gasteiger partial charge in [0, 0.05) is 58.3 Å². The highest BCUT2D eigenvalue weighted by Gasteiger charge is 2.18. The molecule has 1 heterocycles. The van der Waals surface area contributed by atoms with Crippen LogP contribution in [0.15, 0.2) is 24.3 Å². The monoisotopic (exact) mass is 389 g/mol. The Labute approximate surface area is 169 Å². The van der Waals surface area contributed by atoms with Crippen molar-refractivity contribution >= 4 is 11.9 Å². The number of carbonyl (C=O) groups excluding carboxylic acids is 2. The predicted molar refractivity (Wildman–Crippen MR) is 112 cm³/mol. The normalized spacial score (nSPS) is 15.1. The fraction of sp³-hybridized carbons (Fsp3) is 0.619. The molecule has 1 saturated heterocycles. The highest BCUT2D eigenvalue weighted by Crippen LogP contribution is 2.12. The standard InChI is InChI=1S/C21H35N5O2/c1-17(2)25(4)16-19-8-6-5-7-18(19)15-23-21(28)22-10-9-20(27)26-13-11-24(3)12-14-26/h5-8,17H,9-16H2,1-4H3,(H2,22,23,28). The lowest BCUT2D eigenvalue weighted by atomic mass is 10.1. The molecule has 156 valence electrons. The van der Waals surface area contributed by atoms with Crippen LogP contribution in [0.1, 0.15) is 31.4 Å². The summed E-state index contributed by atoms with van der Waals surface area (Å²) in [4.78, 5) is 30.7. The summed E-state index contributed by atoms with van der Waals surface area (Å²) in [6, 6.07) is 8.38. The Hall–Kier alpha value is -2.12. The summed E-state index contributed by atoms with van der Waals surface area (Å²) in [7, 11) is 4.16. The van der Waals surface area contributed by atoms with Crippen LogP contribution in [0.25, 0.3) is 0 Å². The predicted octanol–water partition coefficient (Wildman–Crippen LogP) is 1.49. The quantitative estimate of drug-likeness (QED) is 0.707. The zero-order chi connectivity index (χ0) is 20.5. The van der Waals surface area contributed by atoms with Gasteiger partial charge in [-0.25, -0.2) is 4.79 Å². The fourth-order valence-corrected chi connectivity index (χ4v) is 3.07. The van der Waals surface area contributed by atoms with E-state index in [9.17, 15) is 9.59 Å². The average molecular weight is 390 g/mol. The topological polar surface area (TPSA) is 67.9 Å². The maximum Gasteiger partial charge on any atom is 0.315 e. The number of carbonyl (C=O) groups is 2. The van der Waals surface area contributed by atoms with Crippen LogP contribution in [0.4, 0.5) is 4.79 Å². The molecule has 0 radical (unpaired) electrons. The number of benzene rings is 1. The number of nitrogens with one attached hydrogen (secondary N) is 2. The average Bonchev–Trinajstić information content (AvgIpc) is 2.67. The van der Waals surface area contributed by atoms with E-state index in [4.69, 9.17) is 0 Å². The van der Waals surface area contributed by atoms with Crippen LogP contribution in [0, 0.1) is 0 Å². The van der Waals surface area contributed by atoms with Crippen molar-refractivity contribution in [2.75, 3.05) is 46.8 Å². The van der Waals surface area contributed by atoms with Crippen molar-refractivity contribution in [1.82, 2.24) is 25.3 Å². The third kappa shape index (κ3) is 7.13. The van der Waals surface area contributed by atoms with E-state index < -0.39 is 0 Å². The van der Waals surface area contributed by atoms with Gasteiger partial charge in [-0.15, -0.1) is 0 Å². The van der Waals surface area contributed by atoms with Crippen molar-refractivity contribution in [3.05, 3.63) is 35.4 Å². The van der Waals surface area contributed by atoms with Crippen LogP contribution in [0.5, 0.6) is 0 Å². The highest BCUT2D eigenvalue weighted by molar-refractivity contribution is 5.78. The number of piperazine rings is 1. The molecule has 7 heteroatoms. The molecule has 3 amide bonds. The van der Waals surface area contributed by atoms with Gasteiger partial charge >= 0.3 is 6.03 Å². The first-order valence-corrected chi connectivity index (χ1v) is 10.1. The second-order valence-corrected chi connectivity index (χ2v) is 7.82. The maximum atomic E-state index is 12.2. The van der Waals surface area contributed by atoms with Gasteiger partial charge in [-0.2, -0.15) is 0 Å². The van der Waals surface area contributed by atoms with Crippen LogP contribution in [0.2, 0.25) is 0 Å². The molecule has 1 fully saturated rings. The van der Waals surface area contributed by atoms with Crippen LogP contribution in [-0.4, -0.2) is 79.5 Å². The van der Waals surface area contributed by atoms with Crippen LogP contribution >= 0.6 is 0 Å². The largest absolute Gasteiger partial charge is 0.340 e. The number of hydrogen-bond acceptors (Lipinski definition) is 4. The van der Waals surface area contributed by atoms with Gasteiger partial charge in [0.05, 0.1) is 0 Å². The van der Waals surface area contributed by atoms with Gasteiger partial charge in [0.2, 0.25) is 5.91 Å². The van der Waals surface area contributed by atoms with Gasteiger partial charge < -0.3 is 20.4 Å². The zero-order valence-electron chi connectivity index (χ0n) is 17.7. The van der Waals surface area contributed by atoms with E-state index in [1.54, 1.807) is 0 Å². The Bertz CT molecular complexity index is 641. The lowest BCUT2D eigenvalue weighted by Crippen LogP contribution is -2.48. The Kier molecular flexibility index (Phi) is 8.73. The first-order valence-electron chi connectivity index (χ1n) is 10.1. The summed E-state index contributed by atoms with van der Waals surface area (Å²) in [5.41, 5.74) is 2.32. The maximum absolute atomic E-state index is 12.2. The second-order valence-electron chi connectivity index (χ2n) is 7.82. The molecule has 0 spiro atoms. The molecule has 0 atom stereocenters. The highest BCUT2D eigenvalue weighted by atomic mass is 16.2. The minimum atomic E-state index is -0.238. The summed E-state index contributed by atoms with van der Waals surface area (Å²) >= 11 is 0. The third-order valence-corrected chi connectivity index (χ3v) is 5.34. The van der Waals surface area contributed by atoms with E-state index in [1.165, 1.54) is 5.56 Å². The van der Waals surface area contributed by atoms with Gasteiger partial charge in [-0.3, -0.25) is 9.69 Å². The number of amides is 3. The number of urea groups is 1. The van der Waals surface area contributed by atoms with Crippen molar-refractivity contribution in [2.24, 2.45) is 0 Å². The molecular formula is C21H35N5O2. The molecule has 0 aromatic heterocycles. The van der Waals surface area contributed by atoms with Crippen molar-refractivity contribution in [2.45, 2.75) is 39.4 Å². The van der Waals surface area contributed by atoms with E-state index in [0.717, 1.165) is 38.3 Å². The molecule has 1 aliphatic heterocycles. The SMILES string of the molecule is CC(C)N(C)Cc1ccccc1CNC(=O)NCCC(=O)N1CCN(C)CC1. The smallest absolute Gasteiger partial charge is 0.315 e. The Morgan fingerprint density at radius 2 is 1.71 bits per heavy atom. The molecule has 0 saturated carbocycles. The fourth-order valence-electron chi connectivity index (χ4n) is 3.07. The first kappa shape index (κ1) is 22.2. The van der Waals surface area contributed by atoms with E-state index >= 15 is 0 Å². The Balaban J connectivity index is 1.72. The molecule has 28 heavy (non-hydrogen) atoms. The lowest BCUT2D eigenvalue weighted by molar-refractivity contribution is -0.132. The molecule has 2 N–H and O–H groups in total. The second kappa shape index (κ2) is 11.0. The summed E-state index contributed by atoms with van der Waals surface area (Å²) in [6.45, 7) is 9.35. The zero-order valence-corrected chi connectivity index (χ0v) is 17.7. The molecule has 1 aliphatic rings. The lowest BCUT2D eigenvalue weighted by Gasteiger charge is -2.32.